The van der Waals surface area contributed by atoms with E-state index in [1.54, 1.807) is 36.4 Å². The van der Waals surface area contributed by atoms with Gasteiger partial charge in [0.2, 0.25) is 5.78 Å². The number of benzene rings is 2. The van der Waals surface area contributed by atoms with Gasteiger partial charge < -0.3 is 9.30 Å². The molecule has 0 unspecified atom stereocenters. The Labute approximate surface area is 169 Å². The number of rotatable bonds is 8. The summed E-state index contributed by atoms with van der Waals surface area (Å²) in [5.74, 6) is 0.235. The van der Waals surface area contributed by atoms with Gasteiger partial charge in [0.25, 0.3) is 0 Å². The highest BCUT2D eigenvalue weighted by Gasteiger charge is 2.16. The fourth-order valence-electron chi connectivity index (χ4n) is 3.27. The first kappa shape index (κ1) is 20.5. The topological polar surface area (TPSA) is 48.3 Å². The molecule has 150 valence electrons. The molecule has 1 aromatic heterocycles. The molecule has 0 aliphatic carbocycles. The summed E-state index contributed by atoms with van der Waals surface area (Å²) >= 11 is 0. The Morgan fingerprint density at radius 1 is 0.966 bits per heavy atom. The zero-order chi connectivity index (χ0) is 21.0. The Morgan fingerprint density at radius 3 is 2.24 bits per heavy atom. The predicted molar refractivity (Wildman–Crippen MR) is 110 cm³/mol. The number of carbonyl (C=O) groups is 2. The van der Waals surface area contributed by atoms with Crippen LogP contribution in [0.2, 0.25) is 0 Å². The first-order chi connectivity index (χ1) is 13.9. The molecule has 0 saturated heterocycles. The molecule has 0 radical (unpaired) electrons. The van der Waals surface area contributed by atoms with Crippen LogP contribution in [0.4, 0.5) is 4.39 Å². The molecule has 3 aromatic rings. The summed E-state index contributed by atoms with van der Waals surface area (Å²) in [5, 5.41) is 0. The van der Waals surface area contributed by atoms with E-state index in [0.29, 0.717) is 29.8 Å². The molecule has 0 amide bonds. The third-order valence-electron chi connectivity index (χ3n) is 5.00. The molecule has 4 nitrogen and oxygen atoms in total. The maximum absolute atomic E-state index is 13.1. The van der Waals surface area contributed by atoms with Crippen LogP contribution >= 0.6 is 0 Å². The lowest BCUT2D eigenvalue weighted by molar-refractivity contribution is 0.0919. The van der Waals surface area contributed by atoms with E-state index in [-0.39, 0.29) is 24.0 Å². The summed E-state index contributed by atoms with van der Waals surface area (Å²) in [4.78, 5) is 24.4. The number of hydrogen-bond donors (Lipinski definition) is 0. The van der Waals surface area contributed by atoms with Gasteiger partial charge >= 0.3 is 0 Å². The van der Waals surface area contributed by atoms with Gasteiger partial charge in [-0.15, -0.1) is 0 Å². The Bertz CT molecular complexity index is 1020. The minimum absolute atomic E-state index is 0.0706. The molecule has 2 aromatic carbocycles. The molecule has 5 heteroatoms. The van der Waals surface area contributed by atoms with Crippen LogP contribution < -0.4 is 4.74 Å². The largest absolute Gasteiger partial charge is 0.485 e. The number of halogens is 1. The Balaban J connectivity index is 1.68. The van der Waals surface area contributed by atoms with Crippen molar-refractivity contribution in [2.75, 3.05) is 6.61 Å². The second-order valence-electron chi connectivity index (χ2n) is 7.01. The molecule has 0 saturated carbocycles. The molecule has 0 fully saturated rings. The number of ether oxygens (including phenoxy) is 1. The van der Waals surface area contributed by atoms with Crippen molar-refractivity contribution < 1.29 is 18.7 Å². The highest BCUT2D eigenvalue weighted by molar-refractivity contribution is 5.98. The van der Waals surface area contributed by atoms with Crippen molar-refractivity contribution in [2.24, 2.45) is 0 Å². The van der Waals surface area contributed by atoms with Gasteiger partial charge in [-0.1, -0.05) is 19.1 Å². The molecule has 0 N–H and O–H groups in total. The summed E-state index contributed by atoms with van der Waals surface area (Å²) in [6, 6.07) is 15.0. The van der Waals surface area contributed by atoms with Crippen LogP contribution in [0.5, 0.6) is 5.75 Å². The van der Waals surface area contributed by atoms with Gasteiger partial charge in [-0.2, -0.15) is 0 Å². The summed E-state index contributed by atoms with van der Waals surface area (Å²) < 4.78 is 20.8. The molecule has 3 rings (SSSR count). The van der Waals surface area contributed by atoms with Crippen molar-refractivity contribution in [2.45, 2.75) is 33.7 Å². The highest BCUT2D eigenvalue weighted by atomic mass is 19.1. The summed E-state index contributed by atoms with van der Waals surface area (Å²) in [5.41, 5.74) is 4.02. The van der Waals surface area contributed by atoms with E-state index in [0.717, 1.165) is 17.0 Å². The van der Waals surface area contributed by atoms with E-state index >= 15 is 0 Å². The van der Waals surface area contributed by atoms with Crippen LogP contribution in [0.25, 0.3) is 0 Å². The van der Waals surface area contributed by atoms with E-state index in [2.05, 4.69) is 0 Å². The van der Waals surface area contributed by atoms with Crippen molar-refractivity contribution >= 4 is 11.6 Å². The average Bonchev–Trinajstić information content (AvgIpc) is 3.01. The van der Waals surface area contributed by atoms with Gasteiger partial charge in [0, 0.05) is 35.5 Å². The second-order valence-corrected chi connectivity index (χ2v) is 7.01. The maximum atomic E-state index is 13.1. The normalized spacial score (nSPS) is 10.8. The van der Waals surface area contributed by atoms with E-state index in [9.17, 15) is 14.0 Å². The summed E-state index contributed by atoms with van der Waals surface area (Å²) in [6.07, 6.45) is 0.451. The van der Waals surface area contributed by atoms with Gasteiger partial charge in [-0.05, 0) is 61.9 Å². The van der Waals surface area contributed by atoms with E-state index in [4.69, 9.17) is 4.74 Å². The standard InChI is InChI=1S/C24H24FNO3/c1-4-23(27)19-7-11-21(12-8-19)29-15-24(28)22-13-16(2)26(17(22)3)14-18-5-9-20(25)10-6-18/h5-13H,4,14-15H2,1-3H3. The zero-order valence-electron chi connectivity index (χ0n) is 16.9. The molecular formula is C24H24FNO3. The molecule has 0 spiro atoms. The minimum Gasteiger partial charge on any atom is -0.485 e. The van der Waals surface area contributed by atoms with Gasteiger partial charge in [0.05, 0.1) is 0 Å². The number of aryl methyl sites for hydroxylation is 1. The zero-order valence-corrected chi connectivity index (χ0v) is 16.9. The van der Waals surface area contributed by atoms with Crippen LogP contribution in [-0.4, -0.2) is 22.7 Å². The van der Waals surface area contributed by atoms with Crippen molar-refractivity contribution in [1.29, 1.82) is 0 Å². The number of nitrogens with zero attached hydrogens (tertiary/aromatic N) is 1. The van der Waals surface area contributed by atoms with Gasteiger partial charge in [0.15, 0.2) is 12.4 Å². The number of aromatic nitrogens is 1. The monoisotopic (exact) mass is 393 g/mol. The van der Waals surface area contributed by atoms with Crippen LogP contribution in [0, 0.1) is 19.7 Å². The van der Waals surface area contributed by atoms with E-state index < -0.39 is 0 Å². The first-order valence-corrected chi connectivity index (χ1v) is 9.59. The molecule has 0 aliphatic rings. The SMILES string of the molecule is CCC(=O)c1ccc(OCC(=O)c2cc(C)n(Cc3ccc(F)cc3)c2C)cc1. The van der Waals surface area contributed by atoms with Crippen molar-refractivity contribution in [3.05, 3.63) is 88.5 Å². The summed E-state index contributed by atoms with van der Waals surface area (Å²) in [7, 11) is 0. The molecule has 0 bridgehead atoms. The quantitative estimate of drug-likeness (QED) is 0.498. The van der Waals surface area contributed by atoms with E-state index in [1.807, 2.05) is 31.4 Å². The molecule has 0 aliphatic heterocycles. The first-order valence-electron chi connectivity index (χ1n) is 9.59. The Morgan fingerprint density at radius 2 is 1.62 bits per heavy atom. The van der Waals surface area contributed by atoms with Crippen LogP contribution in [0.15, 0.2) is 54.6 Å². The highest BCUT2D eigenvalue weighted by Crippen LogP contribution is 2.19. The van der Waals surface area contributed by atoms with Gasteiger partial charge in [-0.3, -0.25) is 9.59 Å². The van der Waals surface area contributed by atoms with Crippen molar-refractivity contribution in [3.8, 4) is 5.75 Å². The fraction of sp³-hybridized carbons (Fsp3) is 0.250. The van der Waals surface area contributed by atoms with Gasteiger partial charge in [-0.25, -0.2) is 4.39 Å². The molecule has 0 atom stereocenters. The Kier molecular flexibility index (Phi) is 6.27. The fourth-order valence-corrected chi connectivity index (χ4v) is 3.27. The molecule has 29 heavy (non-hydrogen) atoms. The van der Waals surface area contributed by atoms with Gasteiger partial charge in [0.1, 0.15) is 11.6 Å². The van der Waals surface area contributed by atoms with Crippen molar-refractivity contribution in [3.63, 3.8) is 0 Å². The third kappa shape index (κ3) is 4.80. The lowest BCUT2D eigenvalue weighted by Crippen LogP contribution is -2.13. The van der Waals surface area contributed by atoms with Crippen molar-refractivity contribution in [1.82, 2.24) is 4.57 Å². The lowest BCUT2D eigenvalue weighted by Gasteiger charge is -2.10. The average molecular weight is 393 g/mol. The second kappa shape index (κ2) is 8.86. The van der Waals surface area contributed by atoms with Crippen LogP contribution in [0.3, 0.4) is 0 Å². The van der Waals surface area contributed by atoms with Crippen LogP contribution in [-0.2, 0) is 6.54 Å². The molecular weight excluding hydrogens is 369 g/mol. The van der Waals surface area contributed by atoms with E-state index in [1.165, 1.54) is 12.1 Å². The maximum Gasteiger partial charge on any atom is 0.202 e. The van der Waals surface area contributed by atoms with Crippen LogP contribution in [0.1, 0.15) is 51.0 Å². The Hall–Kier alpha value is -3.21. The summed E-state index contributed by atoms with van der Waals surface area (Å²) in [6.45, 7) is 6.14. The number of ketones is 2. The number of carbonyl (C=O) groups excluding carboxylic acids is 2. The number of Topliss-reactive ketones (excluding diaryl/α,β-unsaturated/α-hetero) is 2. The number of hydrogen-bond acceptors (Lipinski definition) is 3. The molecule has 1 heterocycles. The minimum atomic E-state index is -0.269. The third-order valence-corrected chi connectivity index (χ3v) is 5.00. The predicted octanol–water partition coefficient (Wildman–Crippen LogP) is 5.15. The lowest BCUT2D eigenvalue weighted by atomic mass is 10.1. The smallest absolute Gasteiger partial charge is 0.202 e.